The molecule has 1 atom stereocenters. The van der Waals surface area contributed by atoms with Gasteiger partial charge in [0.05, 0.1) is 10.9 Å². The van der Waals surface area contributed by atoms with Gasteiger partial charge in [-0.25, -0.2) is 0 Å². The van der Waals surface area contributed by atoms with E-state index in [1.807, 2.05) is 23.1 Å². The second-order valence-electron chi connectivity index (χ2n) is 7.15. The molecule has 1 fully saturated rings. The minimum atomic E-state index is -0.129. The summed E-state index contributed by atoms with van der Waals surface area (Å²) in [6, 6.07) is 7.32. The fourth-order valence-electron chi connectivity index (χ4n) is 3.88. The summed E-state index contributed by atoms with van der Waals surface area (Å²) in [5.41, 5.74) is 0.607. The van der Waals surface area contributed by atoms with Crippen molar-refractivity contribution in [3.63, 3.8) is 0 Å². The molecule has 0 saturated carbocycles. The highest BCUT2D eigenvalue weighted by atomic mass is 32.1. The van der Waals surface area contributed by atoms with Gasteiger partial charge < -0.3 is 9.88 Å². The van der Waals surface area contributed by atoms with Crippen LogP contribution in [-0.2, 0) is 11.3 Å². The topological polar surface area (TPSA) is 58.1 Å². The highest BCUT2D eigenvalue weighted by molar-refractivity contribution is 7.71. The van der Waals surface area contributed by atoms with Crippen molar-refractivity contribution in [1.82, 2.24) is 14.5 Å². The number of nitrogens with one attached hydrogen (secondary N) is 1. The van der Waals surface area contributed by atoms with Crippen LogP contribution in [-0.4, -0.2) is 33.4 Å². The van der Waals surface area contributed by atoms with E-state index in [1.54, 1.807) is 6.07 Å². The van der Waals surface area contributed by atoms with E-state index in [4.69, 9.17) is 12.2 Å². The van der Waals surface area contributed by atoms with Crippen LogP contribution in [0.4, 0.5) is 0 Å². The summed E-state index contributed by atoms with van der Waals surface area (Å²) in [5, 5.41) is 0.603. The molecule has 5 nitrogen and oxygen atoms in total. The summed E-state index contributed by atoms with van der Waals surface area (Å²) >= 11 is 5.32. The zero-order chi connectivity index (χ0) is 18.5. The van der Waals surface area contributed by atoms with Crippen molar-refractivity contribution in [2.45, 2.75) is 52.0 Å². The summed E-state index contributed by atoms with van der Waals surface area (Å²) < 4.78 is 1.88. The number of benzene rings is 1. The largest absolute Gasteiger partial charge is 0.343 e. The molecule has 2 heterocycles. The first-order chi connectivity index (χ1) is 12.6. The van der Waals surface area contributed by atoms with E-state index in [0.717, 1.165) is 37.4 Å². The van der Waals surface area contributed by atoms with Crippen LogP contribution in [0.5, 0.6) is 0 Å². The lowest BCUT2D eigenvalue weighted by atomic mass is 9.96. The fraction of sp³-hybridized carbons (Fsp3) is 0.550. The summed E-state index contributed by atoms with van der Waals surface area (Å²) in [6.45, 7) is 4.22. The number of hydrogen-bond donors (Lipinski definition) is 1. The van der Waals surface area contributed by atoms with Crippen molar-refractivity contribution >= 4 is 29.0 Å². The van der Waals surface area contributed by atoms with E-state index in [1.165, 1.54) is 23.8 Å². The molecule has 140 valence electrons. The maximum absolute atomic E-state index is 12.7. The second kappa shape index (κ2) is 8.62. The molecule has 1 amide bonds. The summed E-state index contributed by atoms with van der Waals surface area (Å²) in [5.74, 6) is 0.867. The van der Waals surface area contributed by atoms with Gasteiger partial charge in [0, 0.05) is 26.1 Å². The number of hydrogen-bond acceptors (Lipinski definition) is 3. The van der Waals surface area contributed by atoms with Gasteiger partial charge in [0.15, 0.2) is 4.77 Å². The Hall–Kier alpha value is -1.95. The van der Waals surface area contributed by atoms with Gasteiger partial charge in [-0.15, -0.1) is 0 Å². The third kappa shape index (κ3) is 4.23. The first kappa shape index (κ1) is 18.8. The van der Waals surface area contributed by atoms with E-state index in [-0.39, 0.29) is 11.5 Å². The van der Waals surface area contributed by atoms with E-state index < -0.39 is 0 Å². The second-order valence-corrected chi connectivity index (χ2v) is 7.54. The smallest absolute Gasteiger partial charge is 0.262 e. The molecule has 3 rings (SSSR count). The lowest BCUT2D eigenvalue weighted by Gasteiger charge is -2.21. The van der Waals surface area contributed by atoms with Crippen molar-refractivity contribution < 1.29 is 4.79 Å². The minimum Gasteiger partial charge on any atom is -0.343 e. The fourth-order valence-corrected chi connectivity index (χ4v) is 4.16. The Morgan fingerprint density at radius 3 is 2.88 bits per heavy atom. The Labute approximate surface area is 159 Å². The molecule has 0 aliphatic carbocycles. The van der Waals surface area contributed by atoms with Gasteiger partial charge >= 0.3 is 0 Å². The van der Waals surface area contributed by atoms with Crippen molar-refractivity contribution in [2.75, 3.05) is 13.1 Å². The van der Waals surface area contributed by atoms with Gasteiger partial charge in [-0.3, -0.25) is 14.2 Å². The quantitative estimate of drug-likeness (QED) is 0.809. The third-order valence-corrected chi connectivity index (χ3v) is 5.66. The number of rotatable bonds is 5. The molecule has 2 aromatic rings. The van der Waals surface area contributed by atoms with Crippen LogP contribution in [0.15, 0.2) is 29.1 Å². The molecular weight excluding hydrogens is 346 g/mol. The van der Waals surface area contributed by atoms with Gasteiger partial charge in [-0.1, -0.05) is 31.9 Å². The maximum Gasteiger partial charge on any atom is 0.262 e. The van der Waals surface area contributed by atoms with Crippen LogP contribution in [0.3, 0.4) is 0 Å². The first-order valence-corrected chi connectivity index (χ1v) is 10.0. The zero-order valence-electron chi connectivity index (χ0n) is 15.4. The average Bonchev–Trinajstić information content (AvgIpc) is 2.87. The van der Waals surface area contributed by atoms with E-state index in [0.29, 0.717) is 23.1 Å². The van der Waals surface area contributed by atoms with Gasteiger partial charge in [0.1, 0.15) is 0 Å². The van der Waals surface area contributed by atoms with Gasteiger partial charge in [-0.05, 0) is 49.5 Å². The maximum atomic E-state index is 12.7. The van der Waals surface area contributed by atoms with Crippen LogP contribution < -0.4 is 5.56 Å². The Bertz CT molecular complexity index is 886. The number of aromatic amines is 1. The lowest BCUT2D eigenvalue weighted by Crippen LogP contribution is -2.33. The number of carbonyl (C=O) groups is 1. The normalized spacial score (nSPS) is 18.0. The highest BCUT2D eigenvalue weighted by Crippen LogP contribution is 2.22. The molecule has 1 saturated heterocycles. The first-order valence-electron chi connectivity index (χ1n) is 9.59. The molecule has 0 unspecified atom stereocenters. The molecule has 0 bridgehead atoms. The molecule has 1 N–H and O–H groups in total. The van der Waals surface area contributed by atoms with E-state index >= 15 is 0 Å². The van der Waals surface area contributed by atoms with Crippen LogP contribution in [0.25, 0.3) is 10.9 Å². The van der Waals surface area contributed by atoms with Gasteiger partial charge in [0.2, 0.25) is 5.91 Å². The lowest BCUT2D eigenvalue weighted by molar-refractivity contribution is -0.131. The molecule has 0 spiro atoms. The number of amides is 1. The monoisotopic (exact) mass is 373 g/mol. The Morgan fingerprint density at radius 1 is 1.27 bits per heavy atom. The standard InChI is InChI=1S/C20H27N3O2S/c1-2-6-15-7-5-12-22(13-10-15)18(24)11-14-23-19(25)16-8-3-4-9-17(16)21-20(23)26/h3-4,8-9,15H,2,5-7,10-14H2,1H3,(H,21,26)/t15-/m1/s1. The predicted molar refractivity (Wildman–Crippen MR) is 107 cm³/mol. The number of fused-ring (bicyclic) bond motifs is 1. The molecule has 1 aromatic carbocycles. The number of H-pyrrole nitrogens is 1. The van der Waals surface area contributed by atoms with Crippen molar-refractivity contribution in [3.05, 3.63) is 39.4 Å². The summed E-state index contributed by atoms with van der Waals surface area (Å²) in [4.78, 5) is 30.4. The Balaban J connectivity index is 1.67. The molecular formula is C20H27N3O2S. The van der Waals surface area contributed by atoms with Crippen molar-refractivity contribution in [3.8, 4) is 0 Å². The molecule has 1 aliphatic rings. The van der Waals surface area contributed by atoms with Crippen molar-refractivity contribution in [1.29, 1.82) is 0 Å². The number of para-hydroxylation sites is 1. The average molecular weight is 374 g/mol. The number of carbonyl (C=O) groups excluding carboxylic acids is 1. The summed E-state index contributed by atoms with van der Waals surface area (Å²) in [6.07, 6.45) is 6.16. The number of nitrogens with zero attached hydrogens (tertiary/aromatic N) is 2. The van der Waals surface area contributed by atoms with Crippen LogP contribution in [0.2, 0.25) is 0 Å². The molecule has 26 heavy (non-hydrogen) atoms. The molecule has 0 radical (unpaired) electrons. The SMILES string of the molecule is CCC[C@@H]1CCCN(C(=O)CCn2c(=S)[nH]c3ccccc3c2=O)CC1. The zero-order valence-corrected chi connectivity index (χ0v) is 16.2. The number of aromatic nitrogens is 2. The minimum absolute atomic E-state index is 0.122. The number of likely N-dealkylation sites (tertiary alicyclic amines) is 1. The van der Waals surface area contributed by atoms with E-state index in [9.17, 15) is 9.59 Å². The highest BCUT2D eigenvalue weighted by Gasteiger charge is 2.20. The van der Waals surface area contributed by atoms with Crippen LogP contribution in [0.1, 0.15) is 45.4 Å². The predicted octanol–water partition coefficient (Wildman–Crippen LogP) is 3.88. The van der Waals surface area contributed by atoms with Crippen LogP contribution in [0, 0.1) is 10.7 Å². The van der Waals surface area contributed by atoms with Gasteiger partial charge in [-0.2, -0.15) is 0 Å². The van der Waals surface area contributed by atoms with Gasteiger partial charge in [0.25, 0.3) is 5.56 Å². The molecule has 1 aliphatic heterocycles. The Morgan fingerprint density at radius 2 is 2.08 bits per heavy atom. The Kier molecular flexibility index (Phi) is 6.25. The summed E-state index contributed by atoms with van der Waals surface area (Å²) in [7, 11) is 0. The molecule has 1 aromatic heterocycles. The van der Waals surface area contributed by atoms with Crippen LogP contribution >= 0.6 is 12.2 Å². The third-order valence-electron chi connectivity index (χ3n) is 5.34. The van der Waals surface area contributed by atoms with E-state index in [2.05, 4.69) is 11.9 Å². The molecule has 6 heteroatoms. The van der Waals surface area contributed by atoms with Crippen molar-refractivity contribution in [2.24, 2.45) is 5.92 Å².